The second-order valence-corrected chi connectivity index (χ2v) is 8.64. The minimum absolute atomic E-state index is 0.128. The summed E-state index contributed by atoms with van der Waals surface area (Å²) in [5.74, 6) is 1.07. The van der Waals surface area contributed by atoms with E-state index >= 15 is 0 Å². The van der Waals surface area contributed by atoms with Crippen LogP contribution in [0.4, 0.5) is 0 Å². The first-order valence-electron chi connectivity index (χ1n) is 7.33. The summed E-state index contributed by atoms with van der Waals surface area (Å²) >= 11 is 0. The molecule has 0 aromatic heterocycles. The maximum Gasteiger partial charge on any atom is 0.150 e. The largest absolute Gasteiger partial charge is 0.393 e. The van der Waals surface area contributed by atoms with Gasteiger partial charge in [0.05, 0.1) is 11.4 Å². The van der Waals surface area contributed by atoms with Crippen LogP contribution in [0.15, 0.2) is 0 Å². The van der Waals surface area contributed by atoms with E-state index in [1.165, 1.54) is 19.1 Å². The molecule has 4 heteroatoms. The number of aliphatic hydroxyl groups is 1. The maximum absolute atomic E-state index is 11.7. The lowest BCUT2D eigenvalue weighted by atomic mass is 9.76. The highest BCUT2D eigenvalue weighted by Gasteiger charge is 2.34. The summed E-state index contributed by atoms with van der Waals surface area (Å²) in [6.07, 6.45) is 10.4. The molecule has 2 rings (SSSR count). The molecule has 0 heterocycles. The molecule has 0 amide bonds. The third-order valence-corrected chi connectivity index (χ3v) is 6.52. The van der Waals surface area contributed by atoms with E-state index in [-0.39, 0.29) is 11.4 Å². The summed E-state index contributed by atoms with van der Waals surface area (Å²) in [6.45, 7) is 0. The molecule has 0 radical (unpaired) electrons. The zero-order valence-electron chi connectivity index (χ0n) is 11.3. The first-order valence-corrected chi connectivity index (χ1v) is 9.29. The van der Waals surface area contributed by atoms with Gasteiger partial charge in [0.15, 0.2) is 0 Å². The maximum atomic E-state index is 11.7. The van der Waals surface area contributed by atoms with Crippen LogP contribution in [0.5, 0.6) is 0 Å². The van der Waals surface area contributed by atoms with Crippen molar-refractivity contribution in [2.24, 2.45) is 11.8 Å². The average Bonchev–Trinajstić information content (AvgIpc) is 2.53. The van der Waals surface area contributed by atoms with Gasteiger partial charge in [-0.15, -0.1) is 0 Å². The Balaban J connectivity index is 1.99. The van der Waals surface area contributed by atoms with Crippen LogP contribution in [0.1, 0.15) is 57.8 Å². The van der Waals surface area contributed by atoms with Crippen molar-refractivity contribution in [3.63, 3.8) is 0 Å². The average molecular weight is 274 g/mol. The Kier molecular flexibility index (Phi) is 4.70. The topological polar surface area (TPSA) is 54.4 Å². The Morgan fingerprint density at radius 1 is 0.889 bits per heavy atom. The van der Waals surface area contributed by atoms with Crippen molar-refractivity contribution in [2.45, 2.75) is 69.1 Å². The molecule has 0 aromatic rings. The lowest BCUT2D eigenvalue weighted by Crippen LogP contribution is -2.31. The zero-order chi connectivity index (χ0) is 13.2. The fourth-order valence-electron chi connectivity index (χ4n) is 3.80. The highest BCUT2D eigenvalue weighted by Crippen LogP contribution is 2.39. The molecule has 1 N–H and O–H groups in total. The fourth-order valence-corrected chi connectivity index (χ4v) is 4.99. The quantitative estimate of drug-likeness (QED) is 0.787. The van der Waals surface area contributed by atoms with Gasteiger partial charge >= 0.3 is 0 Å². The Morgan fingerprint density at radius 2 is 1.50 bits per heavy atom. The van der Waals surface area contributed by atoms with Crippen molar-refractivity contribution in [3.05, 3.63) is 0 Å². The van der Waals surface area contributed by atoms with Crippen LogP contribution in [0.25, 0.3) is 0 Å². The van der Waals surface area contributed by atoms with E-state index in [1.54, 1.807) is 0 Å². The van der Waals surface area contributed by atoms with Crippen molar-refractivity contribution in [1.82, 2.24) is 0 Å². The Bertz CT molecular complexity index is 363. The monoisotopic (exact) mass is 274 g/mol. The predicted molar refractivity (Wildman–Crippen MR) is 73.2 cm³/mol. The summed E-state index contributed by atoms with van der Waals surface area (Å²) in [7, 11) is -2.88. The van der Waals surface area contributed by atoms with Crippen molar-refractivity contribution < 1.29 is 13.5 Å². The summed E-state index contributed by atoms with van der Waals surface area (Å²) in [4.78, 5) is 0. The van der Waals surface area contributed by atoms with E-state index in [1.807, 2.05) is 0 Å². The molecule has 2 aliphatic carbocycles. The number of hydrogen-bond acceptors (Lipinski definition) is 3. The SMILES string of the molecule is CS(=O)(=O)C1CCCC(C2CCCCC(O)C2)C1. The number of aliphatic hydroxyl groups excluding tert-OH is 1. The summed E-state index contributed by atoms with van der Waals surface area (Å²) in [6, 6.07) is 0. The summed E-state index contributed by atoms with van der Waals surface area (Å²) in [5.41, 5.74) is 0. The first kappa shape index (κ1) is 14.3. The van der Waals surface area contributed by atoms with Crippen molar-refractivity contribution in [2.75, 3.05) is 6.26 Å². The summed E-state index contributed by atoms with van der Waals surface area (Å²) < 4.78 is 23.4. The molecule has 18 heavy (non-hydrogen) atoms. The van der Waals surface area contributed by atoms with Crippen LogP contribution in [0, 0.1) is 11.8 Å². The van der Waals surface area contributed by atoms with Gasteiger partial charge in [-0.25, -0.2) is 8.42 Å². The van der Waals surface area contributed by atoms with E-state index in [4.69, 9.17) is 0 Å². The predicted octanol–water partition coefficient (Wildman–Crippen LogP) is 2.53. The number of sulfone groups is 1. The molecular weight excluding hydrogens is 248 g/mol. The van der Waals surface area contributed by atoms with Gasteiger partial charge in [0.1, 0.15) is 9.84 Å². The van der Waals surface area contributed by atoms with E-state index in [0.29, 0.717) is 11.8 Å². The fraction of sp³-hybridized carbons (Fsp3) is 1.00. The third kappa shape index (κ3) is 3.70. The van der Waals surface area contributed by atoms with Gasteiger partial charge in [0, 0.05) is 6.26 Å². The van der Waals surface area contributed by atoms with E-state index in [9.17, 15) is 13.5 Å². The van der Waals surface area contributed by atoms with Crippen LogP contribution in [0.2, 0.25) is 0 Å². The highest BCUT2D eigenvalue weighted by atomic mass is 32.2. The molecule has 2 aliphatic rings. The molecule has 0 aliphatic heterocycles. The minimum Gasteiger partial charge on any atom is -0.393 e. The van der Waals surface area contributed by atoms with Gasteiger partial charge < -0.3 is 5.11 Å². The van der Waals surface area contributed by atoms with Crippen LogP contribution in [0.3, 0.4) is 0 Å². The minimum atomic E-state index is -2.88. The molecule has 4 atom stereocenters. The molecule has 4 unspecified atom stereocenters. The molecule has 106 valence electrons. The van der Waals surface area contributed by atoms with Crippen molar-refractivity contribution in [1.29, 1.82) is 0 Å². The molecule has 0 spiro atoms. The number of rotatable bonds is 2. The number of hydrogen-bond donors (Lipinski definition) is 1. The highest BCUT2D eigenvalue weighted by molar-refractivity contribution is 7.91. The lowest BCUT2D eigenvalue weighted by molar-refractivity contribution is 0.115. The van der Waals surface area contributed by atoms with Gasteiger partial charge in [-0.05, 0) is 37.5 Å². The molecule has 2 saturated carbocycles. The van der Waals surface area contributed by atoms with Crippen LogP contribution < -0.4 is 0 Å². The molecule has 0 saturated heterocycles. The zero-order valence-corrected chi connectivity index (χ0v) is 12.2. The second-order valence-electron chi connectivity index (χ2n) is 6.31. The smallest absolute Gasteiger partial charge is 0.150 e. The van der Waals surface area contributed by atoms with Crippen molar-refractivity contribution in [3.8, 4) is 0 Å². The van der Waals surface area contributed by atoms with Crippen LogP contribution in [-0.2, 0) is 9.84 Å². The lowest BCUT2D eigenvalue weighted by Gasteiger charge is -2.34. The van der Waals surface area contributed by atoms with Crippen LogP contribution >= 0.6 is 0 Å². The first-order chi connectivity index (χ1) is 8.47. The van der Waals surface area contributed by atoms with E-state index < -0.39 is 9.84 Å². The molecular formula is C14H26O3S. The van der Waals surface area contributed by atoms with E-state index in [0.717, 1.165) is 44.9 Å². The van der Waals surface area contributed by atoms with Gasteiger partial charge in [0.25, 0.3) is 0 Å². The van der Waals surface area contributed by atoms with Gasteiger partial charge in [0.2, 0.25) is 0 Å². The molecule has 2 fully saturated rings. The van der Waals surface area contributed by atoms with E-state index in [2.05, 4.69) is 0 Å². The third-order valence-electron chi connectivity index (χ3n) is 4.88. The summed E-state index contributed by atoms with van der Waals surface area (Å²) in [5, 5.41) is 9.77. The van der Waals surface area contributed by atoms with Crippen LogP contribution in [-0.4, -0.2) is 31.1 Å². The standard InChI is InChI=1S/C14H26O3S/c1-18(16,17)14-8-4-6-12(10-14)11-5-2-3-7-13(15)9-11/h11-15H,2-10H2,1H3. The Labute approximate surface area is 111 Å². The normalized spacial score (nSPS) is 39.2. The van der Waals surface area contributed by atoms with Gasteiger partial charge in [-0.2, -0.15) is 0 Å². The Morgan fingerprint density at radius 3 is 2.22 bits per heavy atom. The van der Waals surface area contributed by atoms with Gasteiger partial charge in [-0.1, -0.05) is 32.1 Å². The second kappa shape index (κ2) is 5.91. The molecule has 0 bridgehead atoms. The van der Waals surface area contributed by atoms with Gasteiger partial charge in [-0.3, -0.25) is 0 Å². The Hall–Kier alpha value is -0.0900. The molecule has 3 nitrogen and oxygen atoms in total. The molecule has 0 aromatic carbocycles. The van der Waals surface area contributed by atoms with Crippen molar-refractivity contribution >= 4 is 9.84 Å².